The van der Waals surface area contributed by atoms with E-state index in [2.05, 4.69) is 35.9 Å². The number of terminal acetylenes is 1. The number of rotatable bonds is 5. The molecule has 1 aliphatic heterocycles. The summed E-state index contributed by atoms with van der Waals surface area (Å²) in [6.07, 6.45) is 5.97. The zero-order valence-electron chi connectivity index (χ0n) is 16.8. The van der Waals surface area contributed by atoms with E-state index in [1.807, 2.05) is 19.1 Å². The van der Waals surface area contributed by atoms with Gasteiger partial charge in [-0.2, -0.15) is 0 Å². The van der Waals surface area contributed by atoms with Gasteiger partial charge in [0.15, 0.2) is 0 Å². The van der Waals surface area contributed by atoms with E-state index in [0.717, 1.165) is 48.7 Å². The molecule has 4 nitrogen and oxygen atoms in total. The van der Waals surface area contributed by atoms with Crippen molar-refractivity contribution in [3.63, 3.8) is 0 Å². The Kier molecular flexibility index (Phi) is 6.38. The highest BCUT2D eigenvalue weighted by molar-refractivity contribution is 5.89. The van der Waals surface area contributed by atoms with Gasteiger partial charge in [0, 0.05) is 18.8 Å². The number of ether oxygens (including phenoxy) is 2. The van der Waals surface area contributed by atoms with Crippen LogP contribution in [0, 0.1) is 26.2 Å². The number of esters is 1. The molecule has 1 heterocycles. The van der Waals surface area contributed by atoms with Crippen LogP contribution in [0.5, 0.6) is 0 Å². The summed E-state index contributed by atoms with van der Waals surface area (Å²) in [4.78, 5) is 14.5. The van der Waals surface area contributed by atoms with Gasteiger partial charge >= 0.3 is 5.97 Å². The normalized spacial score (nSPS) is 15.0. The molecule has 3 rings (SSSR count). The Hall–Kier alpha value is -2.77. The molecular formula is C24H27NO3. The van der Waals surface area contributed by atoms with E-state index in [9.17, 15) is 4.79 Å². The van der Waals surface area contributed by atoms with E-state index in [1.54, 1.807) is 13.0 Å². The van der Waals surface area contributed by atoms with Gasteiger partial charge in [0.25, 0.3) is 0 Å². The number of anilines is 1. The van der Waals surface area contributed by atoms with Gasteiger partial charge in [-0.05, 0) is 67.3 Å². The van der Waals surface area contributed by atoms with Crippen LogP contribution in [-0.4, -0.2) is 38.9 Å². The highest BCUT2D eigenvalue weighted by atomic mass is 16.5. The second-order valence-corrected chi connectivity index (χ2v) is 7.09. The summed E-state index contributed by atoms with van der Waals surface area (Å²) < 4.78 is 10.6. The summed E-state index contributed by atoms with van der Waals surface area (Å²) in [5, 5.41) is 0. The molecule has 146 valence electrons. The van der Waals surface area contributed by atoms with Crippen LogP contribution in [-0.2, 0) is 9.47 Å². The maximum absolute atomic E-state index is 12.2. The van der Waals surface area contributed by atoms with Gasteiger partial charge in [0.05, 0.1) is 31.3 Å². The summed E-state index contributed by atoms with van der Waals surface area (Å²) in [5.41, 5.74) is 5.95. The van der Waals surface area contributed by atoms with Crippen molar-refractivity contribution < 1.29 is 14.3 Å². The lowest BCUT2D eigenvalue weighted by molar-refractivity contribution is 0.0526. The first-order valence-electron chi connectivity index (χ1n) is 9.71. The average molecular weight is 377 g/mol. The van der Waals surface area contributed by atoms with Crippen LogP contribution in [0.3, 0.4) is 0 Å². The van der Waals surface area contributed by atoms with Crippen LogP contribution < -0.4 is 4.90 Å². The Morgan fingerprint density at radius 1 is 1.21 bits per heavy atom. The molecule has 2 aromatic rings. The van der Waals surface area contributed by atoms with Gasteiger partial charge in [0.2, 0.25) is 0 Å². The van der Waals surface area contributed by atoms with Crippen LogP contribution >= 0.6 is 0 Å². The van der Waals surface area contributed by atoms with Crippen LogP contribution in [0.2, 0.25) is 0 Å². The third kappa shape index (κ3) is 4.37. The first kappa shape index (κ1) is 20.0. The number of nitrogens with zero attached hydrogens (tertiary/aromatic N) is 1. The molecule has 1 unspecified atom stereocenters. The Labute approximate surface area is 167 Å². The number of carbonyl (C=O) groups is 1. The quantitative estimate of drug-likeness (QED) is 0.581. The predicted octanol–water partition coefficient (Wildman–Crippen LogP) is 4.08. The molecule has 0 aromatic heterocycles. The smallest absolute Gasteiger partial charge is 0.338 e. The third-order valence-corrected chi connectivity index (χ3v) is 5.06. The molecule has 0 amide bonds. The van der Waals surface area contributed by atoms with Crippen molar-refractivity contribution in [2.75, 3.05) is 37.8 Å². The molecule has 2 aromatic carbocycles. The molecule has 1 atom stereocenters. The number of aryl methyl sites for hydroxylation is 2. The largest absolute Gasteiger partial charge is 0.462 e. The second kappa shape index (κ2) is 8.95. The molecule has 0 aliphatic carbocycles. The molecule has 0 N–H and O–H groups in total. The fraction of sp³-hybridized carbons (Fsp3) is 0.375. The maximum Gasteiger partial charge on any atom is 0.338 e. The molecule has 0 saturated carbocycles. The maximum atomic E-state index is 12.2. The zero-order chi connectivity index (χ0) is 20.1. The summed E-state index contributed by atoms with van der Waals surface area (Å²) in [7, 11) is 0. The van der Waals surface area contributed by atoms with Crippen molar-refractivity contribution in [1.29, 1.82) is 0 Å². The standard InChI is InChI=1S/C24H27NO3/c1-5-22(23-16-19(8-7-18(23)4)24(26)28-6-2)20-13-17(3)14-21(15-20)25-9-11-27-12-10-25/h1,7-8,13-16,22H,6,9-12H2,2-4H3. The van der Waals surface area contributed by atoms with Gasteiger partial charge in [-0.25, -0.2) is 4.79 Å². The Balaban J connectivity index is 2.00. The van der Waals surface area contributed by atoms with Crippen LogP contribution in [0.15, 0.2) is 36.4 Å². The highest BCUT2D eigenvalue weighted by Crippen LogP contribution is 2.31. The van der Waals surface area contributed by atoms with E-state index in [1.165, 1.54) is 5.56 Å². The van der Waals surface area contributed by atoms with E-state index in [4.69, 9.17) is 15.9 Å². The number of morpholine rings is 1. The predicted molar refractivity (Wildman–Crippen MR) is 112 cm³/mol. The minimum atomic E-state index is -0.322. The van der Waals surface area contributed by atoms with Gasteiger partial charge in [-0.3, -0.25) is 0 Å². The molecule has 1 aliphatic rings. The fourth-order valence-corrected chi connectivity index (χ4v) is 3.62. The molecule has 0 spiro atoms. The number of benzene rings is 2. The number of hydrogen-bond donors (Lipinski definition) is 0. The van der Waals surface area contributed by atoms with Crippen molar-refractivity contribution in [3.8, 4) is 12.3 Å². The Bertz CT molecular complexity index is 891. The van der Waals surface area contributed by atoms with E-state index < -0.39 is 0 Å². The highest BCUT2D eigenvalue weighted by Gasteiger charge is 2.19. The summed E-state index contributed by atoms with van der Waals surface area (Å²) in [5.74, 6) is 2.39. The fourth-order valence-electron chi connectivity index (χ4n) is 3.62. The molecule has 0 radical (unpaired) electrons. The zero-order valence-corrected chi connectivity index (χ0v) is 16.8. The van der Waals surface area contributed by atoms with Gasteiger partial charge in [-0.15, -0.1) is 6.42 Å². The van der Waals surface area contributed by atoms with Crippen LogP contribution in [0.1, 0.15) is 45.5 Å². The van der Waals surface area contributed by atoms with Crippen molar-refractivity contribution in [1.82, 2.24) is 0 Å². The van der Waals surface area contributed by atoms with Gasteiger partial charge in [0.1, 0.15) is 0 Å². The topological polar surface area (TPSA) is 38.8 Å². The lowest BCUT2D eigenvalue weighted by Crippen LogP contribution is -2.36. The lowest BCUT2D eigenvalue weighted by atomic mass is 9.87. The third-order valence-electron chi connectivity index (χ3n) is 5.06. The van der Waals surface area contributed by atoms with Gasteiger partial charge in [-0.1, -0.05) is 18.1 Å². The lowest BCUT2D eigenvalue weighted by Gasteiger charge is -2.30. The Morgan fingerprint density at radius 3 is 2.64 bits per heavy atom. The second-order valence-electron chi connectivity index (χ2n) is 7.09. The molecule has 4 heteroatoms. The number of hydrogen-bond acceptors (Lipinski definition) is 4. The molecule has 28 heavy (non-hydrogen) atoms. The van der Waals surface area contributed by atoms with Gasteiger partial charge < -0.3 is 14.4 Å². The monoisotopic (exact) mass is 377 g/mol. The number of carbonyl (C=O) groups excluding carboxylic acids is 1. The molecule has 0 bridgehead atoms. The van der Waals surface area contributed by atoms with E-state index >= 15 is 0 Å². The minimum absolute atomic E-state index is 0.228. The summed E-state index contributed by atoms with van der Waals surface area (Å²) >= 11 is 0. The first-order valence-corrected chi connectivity index (χ1v) is 9.71. The van der Waals surface area contributed by atoms with Crippen molar-refractivity contribution in [2.24, 2.45) is 0 Å². The van der Waals surface area contributed by atoms with E-state index in [0.29, 0.717) is 12.2 Å². The minimum Gasteiger partial charge on any atom is -0.462 e. The SMILES string of the molecule is C#CC(c1cc(C)cc(N2CCOCC2)c1)c1cc(C(=O)OCC)ccc1C. The Morgan fingerprint density at radius 2 is 1.96 bits per heavy atom. The van der Waals surface area contributed by atoms with Crippen LogP contribution in [0.4, 0.5) is 5.69 Å². The van der Waals surface area contributed by atoms with Crippen LogP contribution in [0.25, 0.3) is 0 Å². The van der Waals surface area contributed by atoms with E-state index in [-0.39, 0.29) is 11.9 Å². The molecule has 1 fully saturated rings. The summed E-state index contributed by atoms with van der Waals surface area (Å²) in [6, 6.07) is 12.1. The molecule has 1 saturated heterocycles. The van der Waals surface area contributed by atoms with Crippen molar-refractivity contribution in [3.05, 3.63) is 64.2 Å². The summed E-state index contributed by atoms with van der Waals surface area (Å²) in [6.45, 7) is 9.49. The average Bonchev–Trinajstić information content (AvgIpc) is 2.70. The van der Waals surface area contributed by atoms with Crippen molar-refractivity contribution >= 4 is 11.7 Å². The molecular weight excluding hydrogens is 350 g/mol. The van der Waals surface area contributed by atoms with Crippen molar-refractivity contribution in [2.45, 2.75) is 26.7 Å². The first-order chi connectivity index (χ1) is 13.5.